The molecule has 24 heavy (non-hydrogen) atoms. The first-order chi connectivity index (χ1) is 11.6. The van der Waals surface area contributed by atoms with Crippen LogP contribution in [0.5, 0.6) is 0 Å². The molecule has 2 fully saturated rings. The van der Waals surface area contributed by atoms with E-state index < -0.39 is 0 Å². The third kappa shape index (κ3) is 4.77. The lowest BCUT2D eigenvalue weighted by atomic mass is 10.2. The number of rotatable bonds is 5. The standard InChI is InChI=1S/C18H29N3O2S/c1-14(2)18-19-15(13-24-18)11-17(22)21-7-4-6-20(8-9-21)12-16-5-3-10-23-16/h13-14,16H,3-12H2,1-2H3/t16-/m1/s1. The fraction of sp³-hybridized carbons (Fsp3) is 0.778. The Morgan fingerprint density at radius 3 is 2.92 bits per heavy atom. The van der Waals surface area contributed by atoms with Gasteiger partial charge in [-0.3, -0.25) is 9.69 Å². The Balaban J connectivity index is 1.48. The molecule has 0 aliphatic carbocycles. The van der Waals surface area contributed by atoms with Crippen molar-refractivity contribution >= 4 is 17.2 Å². The summed E-state index contributed by atoms with van der Waals surface area (Å²) in [5.74, 6) is 0.651. The minimum atomic E-state index is 0.217. The molecular weight excluding hydrogens is 322 g/mol. The number of hydrogen-bond acceptors (Lipinski definition) is 5. The van der Waals surface area contributed by atoms with Gasteiger partial charge in [-0.15, -0.1) is 11.3 Å². The summed E-state index contributed by atoms with van der Waals surface area (Å²) in [6, 6.07) is 0. The van der Waals surface area contributed by atoms with Gasteiger partial charge in [-0.2, -0.15) is 0 Å². The Morgan fingerprint density at radius 2 is 2.21 bits per heavy atom. The highest BCUT2D eigenvalue weighted by molar-refractivity contribution is 7.09. The Labute approximate surface area is 149 Å². The molecule has 3 rings (SSSR count). The van der Waals surface area contributed by atoms with Crippen molar-refractivity contribution < 1.29 is 9.53 Å². The second kappa shape index (κ2) is 8.41. The Hall–Kier alpha value is -0.980. The molecule has 2 saturated heterocycles. The summed E-state index contributed by atoms with van der Waals surface area (Å²) in [6.45, 7) is 9.93. The molecule has 1 amide bonds. The van der Waals surface area contributed by atoms with Crippen LogP contribution < -0.4 is 0 Å². The van der Waals surface area contributed by atoms with E-state index in [2.05, 4.69) is 23.7 Å². The van der Waals surface area contributed by atoms with Crippen LogP contribution in [0.25, 0.3) is 0 Å². The number of ether oxygens (including phenoxy) is 1. The Bertz CT molecular complexity index is 540. The van der Waals surface area contributed by atoms with Crippen molar-refractivity contribution in [2.45, 2.75) is 51.6 Å². The van der Waals surface area contributed by atoms with Gasteiger partial charge in [-0.1, -0.05) is 13.8 Å². The molecule has 1 aromatic rings. The summed E-state index contributed by atoms with van der Waals surface area (Å²) >= 11 is 1.66. The maximum atomic E-state index is 12.6. The van der Waals surface area contributed by atoms with Gasteiger partial charge in [-0.25, -0.2) is 4.98 Å². The van der Waals surface area contributed by atoms with E-state index in [9.17, 15) is 4.79 Å². The minimum Gasteiger partial charge on any atom is -0.377 e. The first-order valence-corrected chi connectivity index (χ1v) is 10.1. The molecule has 1 atom stereocenters. The molecule has 2 aliphatic heterocycles. The lowest BCUT2D eigenvalue weighted by Crippen LogP contribution is -2.38. The average Bonchev–Trinajstić information content (AvgIpc) is 3.16. The number of carbonyl (C=O) groups excluding carboxylic acids is 1. The SMILES string of the molecule is CC(C)c1nc(CC(=O)N2CCCN(C[C@H]3CCCO3)CC2)cs1. The van der Waals surface area contributed by atoms with E-state index in [1.54, 1.807) is 11.3 Å². The number of nitrogens with zero attached hydrogens (tertiary/aromatic N) is 3. The van der Waals surface area contributed by atoms with E-state index >= 15 is 0 Å². The zero-order valence-corrected chi connectivity index (χ0v) is 15.7. The smallest absolute Gasteiger partial charge is 0.228 e. The Kier molecular flexibility index (Phi) is 6.25. The maximum absolute atomic E-state index is 12.6. The molecule has 0 radical (unpaired) electrons. The van der Waals surface area contributed by atoms with Crippen molar-refractivity contribution in [3.8, 4) is 0 Å². The van der Waals surface area contributed by atoms with Crippen LogP contribution in [0, 0.1) is 0 Å². The first-order valence-electron chi connectivity index (χ1n) is 9.18. The third-order valence-corrected chi connectivity index (χ3v) is 6.02. The van der Waals surface area contributed by atoms with Crippen molar-refractivity contribution in [2.24, 2.45) is 0 Å². The number of amides is 1. The minimum absolute atomic E-state index is 0.217. The highest BCUT2D eigenvalue weighted by Gasteiger charge is 2.23. The molecule has 0 bridgehead atoms. The average molecular weight is 352 g/mol. The summed E-state index contributed by atoms with van der Waals surface area (Å²) in [6.07, 6.45) is 4.26. The molecule has 1 aromatic heterocycles. The van der Waals surface area contributed by atoms with E-state index in [-0.39, 0.29) is 5.91 Å². The van der Waals surface area contributed by atoms with Crippen LogP contribution in [0.2, 0.25) is 0 Å². The van der Waals surface area contributed by atoms with Crippen molar-refractivity contribution in [2.75, 3.05) is 39.3 Å². The van der Waals surface area contributed by atoms with Crippen LogP contribution in [0.3, 0.4) is 0 Å². The molecule has 6 heteroatoms. The van der Waals surface area contributed by atoms with Crippen LogP contribution >= 0.6 is 11.3 Å². The second-order valence-corrected chi connectivity index (χ2v) is 8.07. The van der Waals surface area contributed by atoms with Gasteiger partial charge in [0.05, 0.1) is 23.2 Å². The summed E-state index contributed by atoms with van der Waals surface area (Å²) in [5, 5.41) is 3.16. The van der Waals surface area contributed by atoms with Crippen LogP contribution in [0.15, 0.2) is 5.38 Å². The number of thiazole rings is 1. The fourth-order valence-corrected chi connectivity index (χ4v) is 4.25. The van der Waals surface area contributed by atoms with Crippen LogP contribution in [0.4, 0.5) is 0 Å². The van der Waals surface area contributed by atoms with E-state index in [4.69, 9.17) is 4.74 Å². The normalized spacial score (nSPS) is 23.0. The predicted molar refractivity (Wildman–Crippen MR) is 96.5 cm³/mol. The third-order valence-electron chi connectivity index (χ3n) is 4.82. The quantitative estimate of drug-likeness (QED) is 0.818. The van der Waals surface area contributed by atoms with Gasteiger partial charge in [0.15, 0.2) is 0 Å². The van der Waals surface area contributed by atoms with Crippen molar-refractivity contribution in [3.63, 3.8) is 0 Å². The summed E-state index contributed by atoms with van der Waals surface area (Å²) in [7, 11) is 0. The second-order valence-electron chi connectivity index (χ2n) is 7.18. The molecule has 2 aliphatic rings. The van der Waals surface area contributed by atoms with Gasteiger partial charge in [0, 0.05) is 44.1 Å². The van der Waals surface area contributed by atoms with Gasteiger partial charge in [-0.05, 0) is 25.8 Å². The molecule has 0 saturated carbocycles. The summed E-state index contributed by atoms with van der Waals surface area (Å²) < 4.78 is 5.74. The first kappa shape index (κ1) is 17.8. The predicted octanol–water partition coefficient (Wildman–Crippen LogP) is 2.52. The van der Waals surface area contributed by atoms with Gasteiger partial charge in [0.25, 0.3) is 0 Å². The Morgan fingerprint density at radius 1 is 1.33 bits per heavy atom. The van der Waals surface area contributed by atoms with Crippen molar-refractivity contribution in [1.29, 1.82) is 0 Å². The van der Waals surface area contributed by atoms with Gasteiger partial charge in [0.2, 0.25) is 5.91 Å². The molecule has 134 valence electrons. The largest absolute Gasteiger partial charge is 0.377 e. The number of carbonyl (C=O) groups is 1. The van der Waals surface area contributed by atoms with Gasteiger partial charge < -0.3 is 9.64 Å². The highest BCUT2D eigenvalue weighted by Crippen LogP contribution is 2.20. The van der Waals surface area contributed by atoms with E-state index in [1.165, 1.54) is 12.8 Å². The number of hydrogen-bond donors (Lipinski definition) is 0. The van der Waals surface area contributed by atoms with Crippen LogP contribution in [0.1, 0.15) is 49.7 Å². The van der Waals surface area contributed by atoms with Crippen molar-refractivity contribution in [1.82, 2.24) is 14.8 Å². The summed E-state index contributed by atoms with van der Waals surface area (Å²) in [4.78, 5) is 21.7. The molecule has 0 N–H and O–H groups in total. The topological polar surface area (TPSA) is 45.7 Å². The molecule has 5 nitrogen and oxygen atoms in total. The highest BCUT2D eigenvalue weighted by atomic mass is 32.1. The molecular formula is C18H29N3O2S. The number of aromatic nitrogens is 1. The van der Waals surface area contributed by atoms with Crippen molar-refractivity contribution in [3.05, 3.63) is 16.1 Å². The molecule has 3 heterocycles. The zero-order chi connectivity index (χ0) is 16.9. The molecule has 0 spiro atoms. The zero-order valence-electron chi connectivity index (χ0n) is 14.9. The van der Waals surface area contributed by atoms with Gasteiger partial charge >= 0.3 is 0 Å². The summed E-state index contributed by atoms with van der Waals surface area (Å²) in [5.41, 5.74) is 0.925. The van der Waals surface area contributed by atoms with Crippen LogP contribution in [-0.2, 0) is 16.0 Å². The monoisotopic (exact) mass is 351 g/mol. The molecule has 0 aromatic carbocycles. The van der Waals surface area contributed by atoms with E-state index in [0.717, 1.165) is 56.5 Å². The molecule has 0 unspecified atom stereocenters. The lowest BCUT2D eigenvalue weighted by molar-refractivity contribution is -0.130. The lowest BCUT2D eigenvalue weighted by Gasteiger charge is -2.24. The maximum Gasteiger partial charge on any atom is 0.228 e. The van der Waals surface area contributed by atoms with Gasteiger partial charge in [0.1, 0.15) is 0 Å². The van der Waals surface area contributed by atoms with E-state index in [1.807, 2.05) is 10.3 Å². The van der Waals surface area contributed by atoms with E-state index in [0.29, 0.717) is 18.4 Å². The fourth-order valence-electron chi connectivity index (χ4n) is 3.41. The van der Waals surface area contributed by atoms with Crippen LogP contribution in [-0.4, -0.2) is 66.1 Å².